The predicted molar refractivity (Wildman–Crippen MR) is 249 cm³/mol. The van der Waals surface area contributed by atoms with Crippen LogP contribution >= 0.6 is 0 Å². The molecule has 0 fully saturated rings. The second-order valence-electron chi connectivity index (χ2n) is 15.4. The van der Waals surface area contributed by atoms with Crippen LogP contribution in [0.25, 0.3) is 23.3 Å². The van der Waals surface area contributed by atoms with Gasteiger partial charge in [-0.1, -0.05) is 156 Å². The standard InChI is InChI=1S/C56H50N2/c1-41-5-29-51(30-6-41)57(52-31-7-42(2)8-32-52)55-37-21-47(22-38-55)15-13-45-17-25-49(26-18-45)50-27-19-46(20-28-50)14-16-48-23-39-56(40-24-48)58(53-33-9-43(3)10-34-53)54-35-11-44(4)12-36-54/h5-13,15,17-40H,14,16H2,1-4H3. The van der Waals surface area contributed by atoms with E-state index < -0.39 is 0 Å². The second kappa shape index (κ2) is 17.5. The maximum absolute atomic E-state index is 2.33. The molecule has 2 nitrogen and oxygen atoms in total. The molecule has 58 heavy (non-hydrogen) atoms. The Balaban J connectivity index is 0.885. The van der Waals surface area contributed by atoms with Crippen molar-refractivity contribution in [2.45, 2.75) is 40.5 Å². The van der Waals surface area contributed by atoms with E-state index in [9.17, 15) is 0 Å². The Morgan fingerprint density at radius 3 is 0.810 bits per heavy atom. The van der Waals surface area contributed by atoms with Crippen LogP contribution in [0.5, 0.6) is 0 Å². The fourth-order valence-electron chi connectivity index (χ4n) is 7.35. The van der Waals surface area contributed by atoms with Gasteiger partial charge in [0.15, 0.2) is 0 Å². The van der Waals surface area contributed by atoms with Crippen molar-refractivity contribution in [2.24, 2.45) is 0 Å². The van der Waals surface area contributed by atoms with Gasteiger partial charge in [0.1, 0.15) is 0 Å². The summed E-state index contributed by atoms with van der Waals surface area (Å²) in [6, 6.07) is 70.7. The first-order valence-electron chi connectivity index (χ1n) is 20.3. The quantitative estimate of drug-likeness (QED) is 0.115. The third-order valence-corrected chi connectivity index (χ3v) is 10.9. The van der Waals surface area contributed by atoms with Crippen LogP contribution in [0.3, 0.4) is 0 Å². The smallest absolute Gasteiger partial charge is 0.0462 e. The van der Waals surface area contributed by atoms with Crippen LogP contribution < -0.4 is 9.80 Å². The summed E-state index contributed by atoms with van der Waals surface area (Å²) in [6.45, 7) is 8.52. The van der Waals surface area contributed by atoms with Crippen molar-refractivity contribution < 1.29 is 0 Å². The first-order chi connectivity index (χ1) is 28.3. The third-order valence-electron chi connectivity index (χ3n) is 10.9. The minimum absolute atomic E-state index is 0.996. The average Bonchev–Trinajstić information content (AvgIpc) is 3.26. The van der Waals surface area contributed by atoms with E-state index in [1.807, 2.05) is 0 Å². The van der Waals surface area contributed by atoms with Crippen LogP contribution in [0.15, 0.2) is 194 Å². The van der Waals surface area contributed by atoms with E-state index in [-0.39, 0.29) is 0 Å². The lowest BCUT2D eigenvalue weighted by Crippen LogP contribution is -2.10. The molecule has 0 saturated heterocycles. The molecule has 0 aliphatic rings. The highest BCUT2D eigenvalue weighted by molar-refractivity contribution is 5.79. The Bertz CT molecular complexity index is 2470. The third kappa shape index (κ3) is 9.20. The van der Waals surface area contributed by atoms with Gasteiger partial charge in [0, 0.05) is 34.1 Å². The highest BCUT2D eigenvalue weighted by Gasteiger charge is 2.14. The average molecular weight is 751 g/mol. The van der Waals surface area contributed by atoms with Gasteiger partial charge in [-0.2, -0.15) is 0 Å². The van der Waals surface area contributed by atoms with Crippen molar-refractivity contribution in [3.05, 3.63) is 239 Å². The van der Waals surface area contributed by atoms with E-state index in [0.717, 1.165) is 47.0 Å². The van der Waals surface area contributed by atoms with E-state index in [0.29, 0.717) is 0 Å². The van der Waals surface area contributed by atoms with Crippen LogP contribution in [-0.4, -0.2) is 0 Å². The molecule has 8 aromatic carbocycles. The number of nitrogens with zero attached hydrogens (tertiary/aromatic N) is 2. The summed E-state index contributed by atoms with van der Waals surface area (Å²) in [5.74, 6) is 0. The number of hydrogen-bond donors (Lipinski definition) is 0. The molecule has 0 saturated carbocycles. The first-order valence-corrected chi connectivity index (χ1v) is 20.3. The zero-order chi connectivity index (χ0) is 39.8. The van der Waals surface area contributed by atoms with Crippen LogP contribution in [0.4, 0.5) is 34.1 Å². The number of hydrogen-bond acceptors (Lipinski definition) is 2. The van der Waals surface area contributed by atoms with Crippen molar-refractivity contribution in [1.29, 1.82) is 0 Å². The molecular weight excluding hydrogens is 701 g/mol. The monoisotopic (exact) mass is 750 g/mol. The summed E-state index contributed by atoms with van der Waals surface area (Å²) >= 11 is 0. The highest BCUT2D eigenvalue weighted by atomic mass is 15.1. The Labute approximate surface area is 345 Å². The lowest BCUT2D eigenvalue weighted by molar-refractivity contribution is 0.960. The molecule has 0 radical (unpaired) electrons. The molecule has 0 atom stereocenters. The lowest BCUT2D eigenvalue weighted by Gasteiger charge is -2.26. The zero-order valence-corrected chi connectivity index (χ0v) is 33.9. The van der Waals surface area contributed by atoms with Gasteiger partial charge in [-0.25, -0.2) is 0 Å². The van der Waals surface area contributed by atoms with Gasteiger partial charge in [-0.15, -0.1) is 0 Å². The number of rotatable bonds is 12. The molecule has 284 valence electrons. The van der Waals surface area contributed by atoms with E-state index in [4.69, 9.17) is 0 Å². The van der Waals surface area contributed by atoms with Crippen molar-refractivity contribution >= 4 is 46.3 Å². The SMILES string of the molecule is Cc1ccc(N(c2ccc(C)cc2)c2ccc(C=Cc3ccc(-c4ccc(CCc5ccc(N(c6ccc(C)cc6)c6ccc(C)cc6)cc5)cc4)cc3)cc2)cc1. The van der Waals surface area contributed by atoms with Gasteiger partial charge in [-0.3, -0.25) is 0 Å². The number of anilines is 6. The molecule has 0 unspecified atom stereocenters. The predicted octanol–water partition coefficient (Wildman–Crippen LogP) is 15.5. The summed E-state index contributed by atoms with van der Waals surface area (Å²) in [7, 11) is 0. The molecule has 0 aliphatic carbocycles. The molecular formula is C56H50N2. The van der Waals surface area contributed by atoms with Crippen molar-refractivity contribution in [2.75, 3.05) is 9.80 Å². The summed E-state index contributed by atoms with van der Waals surface area (Å²) in [5.41, 5.74) is 19.4. The van der Waals surface area contributed by atoms with Gasteiger partial charge < -0.3 is 9.80 Å². The van der Waals surface area contributed by atoms with Crippen LogP contribution in [0.1, 0.15) is 44.5 Å². The Hall–Kier alpha value is -6.90. The minimum atomic E-state index is 0.996. The normalized spacial score (nSPS) is 11.2. The van der Waals surface area contributed by atoms with Gasteiger partial charge in [-0.05, 0) is 147 Å². The lowest BCUT2D eigenvalue weighted by atomic mass is 9.99. The maximum Gasteiger partial charge on any atom is 0.0462 e. The molecule has 0 heterocycles. The summed E-state index contributed by atoms with van der Waals surface area (Å²) in [5, 5.41) is 0. The van der Waals surface area contributed by atoms with Crippen molar-refractivity contribution in [3.8, 4) is 11.1 Å². The molecule has 0 N–H and O–H groups in total. The summed E-state index contributed by atoms with van der Waals surface area (Å²) in [6.07, 6.45) is 6.37. The van der Waals surface area contributed by atoms with E-state index in [2.05, 4.69) is 244 Å². The minimum Gasteiger partial charge on any atom is -0.311 e. The Morgan fingerprint density at radius 1 is 0.276 bits per heavy atom. The fourth-order valence-corrected chi connectivity index (χ4v) is 7.35. The van der Waals surface area contributed by atoms with Crippen LogP contribution in [0, 0.1) is 27.7 Å². The van der Waals surface area contributed by atoms with Crippen LogP contribution in [-0.2, 0) is 12.8 Å². The Kier molecular flexibility index (Phi) is 11.5. The zero-order valence-electron chi connectivity index (χ0n) is 33.9. The summed E-state index contributed by atoms with van der Waals surface area (Å²) in [4.78, 5) is 4.64. The molecule has 2 heteroatoms. The van der Waals surface area contributed by atoms with Gasteiger partial charge in [0.05, 0.1) is 0 Å². The molecule has 8 aromatic rings. The van der Waals surface area contributed by atoms with Gasteiger partial charge in [0.25, 0.3) is 0 Å². The molecule has 8 rings (SSSR count). The molecule has 0 aliphatic heterocycles. The number of aryl methyl sites for hydroxylation is 6. The second-order valence-corrected chi connectivity index (χ2v) is 15.4. The highest BCUT2D eigenvalue weighted by Crippen LogP contribution is 2.36. The van der Waals surface area contributed by atoms with E-state index in [1.54, 1.807) is 0 Å². The van der Waals surface area contributed by atoms with Gasteiger partial charge in [0.2, 0.25) is 0 Å². The van der Waals surface area contributed by atoms with Crippen molar-refractivity contribution in [3.63, 3.8) is 0 Å². The molecule has 0 spiro atoms. The topological polar surface area (TPSA) is 6.48 Å². The summed E-state index contributed by atoms with van der Waals surface area (Å²) < 4.78 is 0. The molecule has 0 bridgehead atoms. The molecule has 0 aromatic heterocycles. The largest absolute Gasteiger partial charge is 0.311 e. The number of benzene rings is 8. The Morgan fingerprint density at radius 2 is 0.500 bits per heavy atom. The maximum atomic E-state index is 2.33. The fraction of sp³-hybridized carbons (Fsp3) is 0.107. The molecule has 0 amide bonds. The first kappa shape index (κ1) is 38.0. The van der Waals surface area contributed by atoms with Crippen molar-refractivity contribution in [1.82, 2.24) is 0 Å². The van der Waals surface area contributed by atoms with E-state index >= 15 is 0 Å². The van der Waals surface area contributed by atoms with Crippen LogP contribution in [0.2, 0.25) is 0 Å². The van der Waals surface area contributed by atoms with Gasteiger partial charge >= 0.3 is 0 Å². The van der Waals surface area contributed by atoms with E-state index in [1.165, 1.54) is 55.6 Å².